The molecule has 2 heterocycles. The van der Waals surface area contributed by atoms with Crippen molar-refractivity contribution in [3.05, 3.63) is 29.8 Å². The standard InChI is InChI=1S/C15H19NO2S/c17-9-11-5-7-16(8-6-11)15(18)13-10-19-14-4-2-1-3-12(13)14/h1-4,11,13,17H,5-10H2. The van der Waals surface area contributed by atoms with Crippen LogP contribution in [0.3, 0.4) is 0 Å². The number of aliphatic hydroxyl groups is 1. The molecule has 0 bridgehead atoms. The van der Waals surface area contributed by atoms with Crippen LogP contribution < -0.4 is 0 Å². The van der Waals surface area contributed by atoms with Crippen molar-refractivity contribution in [2.24, 2.45) is 5.92 Å². The minimum atomic E-state index is 0.0341. The molecule has 4 heteroatoms. The lowest BCUT2D eigenvalue weighted by Gasteiger charge is -2.32. The Hall–Kier alpha value is -1.00. The molecule has 2 aliphatic heterocycles. The molecule has 3 nitrogen and oxygen atoms in total. The first-order valence-electron chi connectivity index (χ1n) is 6.91. The third-order valence-corrected chi connectivity index (χ3v) is 5.37. The van der Waals surface area contributed by atoms with Gasteiger partial charge in [-0.1, -0.05) is 18.2 Å². The predicted molar refractivity (Wildman–Crippen MR) is 76.3 cm³/mol. The summed E-state index contributed by atoms with van der Waals surface area (Å²) >= 11 is 1.79. The number of carbonyl (C=O) groups is 1. The van der Waals surface area contributed by atoms with Crippen LogP contribution in [0, 0.1) is 5.92 Å². The van der Waals surface area contributed by atoms with Gasteiger partial charge in [0.25, 0.3) is 0 Å². The third-order valence-electron chi connectivity index (χ3n) is 4.18. The Bertz CT molecular complexity index is 469. The Morgan fingerprint density at radius 3 is 2.79 bits per heavy atom. The number of aliphatic hydroxyl groups excluding tert-OH is 1. The summed E-state index contributed by atoms with van der Waals surface area (Å²) in [7, 11) is 0. The molecular weight excluding hydrogens is 258 g/mol. The number of hydrogen-bond donors (Lipinski definition) is 1. The highest BCUT2D eigenvalue weighted by Gasteiger charge is 2.33. The summed E-state index contributed by atoms with van der Waals surface area (Å²) in [5.74, 6) is 1.56. The van der Waals surface area contributed by atoms with Crippen LogP contribution in [0.2, 0.25) is 0 Å². The zero-order chi connectivity index (χ0) is 13.2. The van der Waals surface area contributed by atoms with E-state index in [0.717, 1.165) is 31.7 Å². The Morgan fingerprint density at radius 1 is 1.32 bits per heavy atom. The molecular formula is C15H19NO2S. The van der Waals surface area contributed by atoms with Gasteiger partial charge in [0.1, 0.15) is 0 Å². The topological polar surface area (TPSA) is 40.5 Å². The Kier molecular flexibility index (Phi) is 3.80. The zero-order valence-electron chi connectivity index (χ0n) is 10.9. The van der Waals surface area contributed by atoms with E-state index < -0.39 is 0 Å². The number of likely N-dealkylation sites (tertiary alicyclic amines) is 1. The first-order valence-corrected chi connectivity index (χ1v) is 7.89. The van der Waals surface area contributed by atoms with Crippen LogP contribution in [0.15, 0.2) is 29.2 Å². The third kappa shape index (κ3) is 2.51. The second-order valence-electron chi connectivity index (χ2n) is 5.35. The van der Waals surface area contributed by atoms with Crippen LogP contribution in [-0.2, 0) is 4.79 Å². The minimum Gasteiger partial charge on any atom is -0.396 e. The molecule has 2 aliphatic rings. The van der Waals surface area contributed by atoms with E-state index in [1.54, 1.807) is 11.8 Å². The highest BCUT2D eigenvalue weighted by molar-refractivity contribution is 7.99. The van der Waals surface area contributed by atoms with Gasteiger partial charge in [-0.2, -0.15) is 0 Å². The molecule has 1 amide bonds. The molecule has 3 rings (SSSR count). The number of carbonyl (C=O) groups excluding carboxylic acids is 1. The summed E-state index contributed by atoms with van der Waals surface area (Å²) in [6, 6.07) is 8.23. The maximum absolute atomic E-state index is 12.6. The van der Waals surface area contributed by atoms with E-state index in [2.05, 4.69) is 12.1 Å². The van der Waals surface area contributed by atoms with Gasteiger partial charge in [0.05, 0.1) is 5.92 Å². The van der Waals surface area contributed by atoms with E-state index in [1.807, 2.05) is 17.0 Å². The number of thioether (sulfide) groups is 1. The summed E-state index contributed by atoms with van der Waals surface area (Å²) in [5, 5.41) is 9.15. The monoisotopic (exact) mass is 277 g/mol. The number of piperidine rings is 1. The van der Waals surface area contributed by atoms with Crippen LogP contribution in [0.5, 0.6) is 0 Å². The van der Waals surface area contributed by atoms with Gasteiger partial charge in [0, 0.05) is 30.3 Å². The van der Waals surface area contributed by atoms with Gasteiger partial charge in [0.15, 0.2) is 0 Å². The highest BCUT2D eigenvalue weighted by Crippen LogP contribution is 2.40. The fourth-order valence-electron chi connectivity index (χ4n) is 2.92. The van der Waals surface area contributed by atoms with Gasteiger partial charge in [0.2, 0.25) is 5.91 Å². The summed E-state index contributed by atoms with van der Waals surface area (Å²) in [6.45, 7) is 1.85. The highest BCUT2D eigenvalue weighted by atomic mass is 32.2. The Labute approximate surface area is 118 Å². The van der Waals surface area contributed by atoms with Crippen molar-refractivity contribution in [1.82, 2.24) is 4.90 Å². The Balaban J connectivity index is 1.69. The average Bonchev–Trinajstić information content (AvgIpc) is 2.90. The van der Waals surface area contributed by atoms with Gasteiger partial charge in [-0.15, -0.1) is 11.8 Å². The van der Waals surface area contributed by atoms with E-state index in [-0.39, 0.29) is 18.4 Å². The quantitative estimate of drug-likeness (QED) is 0.900. The molecule has 0 aromatic heterocycles. The molecule has 0 aliphatic carbocycles. The smallest absolute Gasteiger partial charge is 0.231 e. The van der Waals surface area contributed by atoms with Crippen LogP contribution in [0.25, 0.3) is 0 Å². The molecule has 0 saturated carbocycles. The molecule has 1 fully saturated rings. The van der Waals surface area contributed by atoms with Crippen LogP contribution >= 0.6 is 11.8 Å². The van der Waals surface area contributed by atoms with Crippen molar-refractivity contribution < 1.29 is 9.90 Å². The van der Waals surface area contributed by atoms with E-state index in [4.69, 9.17) is 5.11 Å². The average molecular weight is 277 g/mol. The van der Waals surface area contributed by atoms with E-state index >= 15 is 0 Å². The van der Waals surface area contributed by atoms with E-state index in [9.17, 15) is 4.79 Å². The van der Waals surface area contributed by atoms with Crippen molar-refractivity contribution >= 4 is 17.7 Å². The van der Waals surface area contributed by atoms with Gasteiger partial charge < -0.3 is 10.0 Å². The molecule has 0 radical (unpaired) electrons. The molecule has 1 aromatic carbocycles. The van der Waals surface area contributed by atoms with Gasteiger partial charge in [-0.3, -0.25) is 4.79 Å². The lowest BCUT2D eigenvalue weighted by molar-refractivity contribution is -0.133. The van der Waals surface area contributed by atoms with Crippen molar-refractivity contribution in [3.63, 3.8) is 0 Å². The number of amides is 1. The van der Waals surface area contributed by atoms with Crippen molar-refractivity contribution in [2.45, 2.75) is 23.7 Å². The summed E-state index contributed by atoms with van der Waals surface area (Å²) in [4.78, 5) is 15.8. The molecule has 1 saturated heterocycles. The van der Waals surface area contributed by atoms with Gasteiger partial charge in [-0.25, -0.2) is 0 Å². The largest absolute Gasteiger partial charge is 0.396 e. The van der Waals surface area contributed by atoms with Crippen LogP contribution in [0.1, 0.15) is 24.3 Å². The summed E-state index contributed by atoms with van der Waals surface area (Å²) in [6.07, 6.45) is 1.87. The van der Waals surface area contributed by atoms with Crippen LogP contribution in [-0.4, -0.2) is 41.4 Å². The van der Waals surface area contributed by atoms with Crippen molar-refractivity contribution in [3.8, 4) is 0 Å². The summed E-state index contributed by atoms with van der Waals surface area (Å²) < 4.78 is 0. The number of fused-ring (bicyclic) bond motifs is 1. The molecule has 1 aromatic rings. The second kappa shape index (κ2) is 5.55. The molecule has 102 valence electrons. The number of hydrogen-bond acceptors (Lipinski definition) is 3. The predicted octanol–water partition coefficient (Wildman–Crippen LogP) is 2.11. The minimum absolute atomic E-state index is 0.0341. The lowest BCUT2D eigenvalue weighted by Crippen LogP contribution is -2.41. The Morgan fingerprint density at radius 2 is 2.05 bits per heavy atom. The number of benzene rings is 1. The van der Waals surface area contributed by atoms with Gasteiger partial charge in [-0.05, 0) is 30.4 Å². The van der Waals surface area contributed by atoms with E-state index in [1.165, 1.54) is 10.5 Å². The summed E-state index contributed by atoms with van der Waals surface area (Å²) in [5.41, 5.74) is 1.20. The first kappa shape index (κ1) is 13.0. The lowest BCUT2D eigenvalue weighted by atomic mass is 9.95. The molecule has 1 atom stereocenters. The SMILES string of the molecule is O=C(C1CSc2ccccc21)N1CCC(CO)CC1. The van der Waals surface area contributed by atoms with Gasteiger partial charge >= 0.3 is 0 Å². The molecule has 19 heavy (non-hydrogen) atoms. The zero-order valence-corrected chi connectivity index (χ0v) is 11.7. The molecule has 1 N–H and O–H groups in total. The van der Waals surface area contributed by atoms with E-state index in [0.29, 0.717) is 5.92 Å². The van der Waals surface area contributed by atoms with Crippen molar-refractivity contribution in [1.29, 1.82) is 0 Å². The fourth-order valence-corrected chi connectivity index (χ4v) is 4.14. The second-order valence-corrected chi connectivity index (χ2v) is 6.41. The number of rotatable bonds is 2. The normalized spacial score (nSPS) is 23.4. The fraction of sp³-hybridized carbons (Fsp3) is 0.533. The molecule has 0 spiro atoms. The maximum Gasteiger partial charge on any atom is 0.231 e. The maximum atomic E-state index is 12.6. The first-order chi connectivity index (χ1) is 9.29. The molecule has 1 unspecified atom stereocenters. The number of nitrogens with zero attached hydrogens (tertiary/aromatic N) is 1. The van der Waals surface area contributed by atoms with Crippen LogP contribution in [0.4, 0.5) is 0 Å². The van der Waals surface area contributed by atoms with Crippen molar-refractivity contribution in [2.75, 3.05) is 25.4 Å².